The molecule has 3 unspecified atom stereocenters. The molecule has 3 atom stereocenters. The van der Waals surface area contributed by atoms with Gasteiger partial charge in [0.2, 0.25) is 0 Å². The molecule has 12 heteroatoms. The quantitative estimate of drug-likeness (QED) is 0.372. The van der Waals surface area contributed by atoms with Crippen LogP contribution in [0.15, 0.2) is 0 Å². The van der Waals surface area contributed by atoms with Crippen LogP contribution in [0.5, 0.6) is 0 Å². The van der Waals surface area contributed by atoms with Gasteiger partial charge in [0.25, 0.3) is 0 Å². The van der Waals surface area contributed by atoms with E-state index < -0.39 is 17.4 Å². The molecule has 12 nitrogen and oxygen atoms in total. The third kappa shape index (κ3) is 5.54. The zero-order valence-electron chi connectivity index (χ0n) is 20.5. The number of nitrogens with zero attached hydrogens (tertiary/aromatic N) is 4. The van der Waals surface area contributed by atoms with E-state index in [9.17, 15) is 14.4 Å². The van der Waals surface area contributed by atoms with E-state index in [4.69, 9.17) is 18.9 Å². The Bertz CT molecular complexity index is 860. The van der Waals surface area contributed by atoms with Gasteiger partial charge in [-0.2, -0.15) is 0 Å². The number of hydrogen-bond acceptors (Lipinski definition) is 11. The average Bonchev–Trinajstić information content (AvgIpc) is 3.27. The van der Waals surface area contributed by atoms with Gasteiger partial charge in [0.15, 0.2) is 5.82 Å². The molecule has 0 aromatic carbocycles. The van der Waals surface area contributed by atoms with E-state index in [1.807, 2.05) is 0 Å². The molecule has 1 aliphatic heterocycles. The molecular weight excluding hydrogens is 446 g/mol. The maximum atomic E-state index is 12.8. The van der Waals surface area contributed by atoms with Gasteiger partial charge in [0.05, 0.1) is 64.4 Å². The first-order chi connectivity index (χ1) is 16.2. The topological polar surface area (TPSA) is 144 Å². The SMILES string of the molecule is CCOC(=O)CCn1nnnc1C(NC1C2COCC1CC(C(=O)OC)C2)C(C)(C)C(=O)OC. The van der Waals surface area contributed by atoms with Crippen molar-refractivity contribution in [2.75, 3.05) is 34.0 Å². The van der Waals surface area contributed by atoms with Gasteiger partial charge in [-0.3, -0.25) is 14.4 Å². The zero-order chi connectivity index (χ0) is 24.9. The van der Waals surface area contributed by atoms with E-state index in [1.165, 1.54) is 18.9 Å². The second-order valence-corrected chi connectivity index (χ2v) is 9.40. The molecule has 34 heavy (non-hydrogen) atoms. The third-order valence-corrected chi connectivity index (χ3v) is 6.83. The lowest BCUT2D eigenvalue weighted by Crippen LogP contribution is -2.57. The minimum atomic E-state index is -1.03. The number of nitrogens with one attached hydrogen (secondary N) is 1. The van der Waals surface area contributed by atoms with E-state index in [1.54, 1.807) is 20.8 Å². The number of esters is 3. The number of carbonyl (C=O) groups excluding carboxylic acids is 3. The van der Waals surface area contributed by atoms with Gasteiger partial charge < -0.3 is 24.3 Å². The Morgan fingerprint density at radius 1 is 1.18 bits per heavy atom. The highest BCUT2D eigenvalue weighted by Crippen LogP contribution is 2.41. The molecule has 1 saturated heterocycles. The molecule has 0 radical (unpaired) electrons. The van der Waals surface area contributed by atoms with Crippen molar-refractivity contribution in [2.24, 2.45) is 23.2 Å². The van der Waals surface area contributed by atoms with Crippen LogP contribution in [0.1, 0.15) is 51.9 Å². The summed E-state index contributed by atoms with van der Waals surface area (Å²) in [5.74, 6) is -0.627. The highest BCUT2D eigenvalue weighted by Gasteiger charge is 2.49. The third-order valence-electron chi connectivity index (χ3n) is 6.83. The average molecular weight is 482 g/mol. The molecule has 190 valence electrons. The van der Waals surface area contributed by atoms with Gasteiger partial charge in [-0.1, -0.05) is 0 Å². The van der Waals surface area contributed by atoms with Crippen LogP contribution in [0.2, 0.25) is 0 Å². The fourth-order valence-electron chi connectivity index (χ4n) is 5.04. The van der Waals surface area contributed by atoms with Crippen LogP contribution in [-0.4, -0.2) is 78.2 Å². The Morgan fingerprint density at radius 2 is 1.85 bits per heavy atom. The van der Waals surface area contributed by atoms with Crippen LogP contribution in [0.4, 0.5) is 0 Å². The first-order valence-electron chi connectivity index (χ1n) is 11.6. The van der Waals surface area contributed by atoms with Crippen LogP contribution in [0.3, 0.4) is 0 Å². The van der Waals surface area contributed by atoms with Crippen molar-refractivity contribution in [3.05, 3.63) is 5.82 Å². The van der Waals surface area contributed by atoms with Crippen molar-refractivity contribution in [1.29, 1.82) is 0 Å². The van der Waals surface area contributed by atoms with E-state index in [0.717, 1.165) is 0 Å². The molecule has 0 amide bonds. The van der Waals surface area contributed by atoms with Crippen LogP contribution < -0.4 is 5.32 Å². The predicted octanol–water partition coefficient (Wildman–Crippen LogP) is 0.670. The van der Waals surface area contributed by atoms with Crippen LogP contribution in [0, 0.1) is 23.2 Å². The maximum absolute atomic E-state index is 12.8. The number of ether oxygens (including phenoxy) is 4. The van der Waals surface area contributed by atoms with Crippen molar-refractivity contribution in [2.45, 2.75) is 58.7 Å². The number of carbonyl (C=O) groups is 3. The summed E-state index contributed by atoms with van der Waals surface area (Å²) in [5.41, 5.74) is -1.03. The fraction of sp³-hybridized carbons (Fsp3) is 0.818. The van der Waals surface area contributed by atoms with Crippen molar-refractivity contribution < 1.29 is 33.3 Å². The first kappa shape index (κ1) is 26.0. The Hall–Kier alpha value is -2.60. The summed E-state index contributed by atoms with van der Waals surface area (Å²) in [4.78, 5) is 36.9. The van der Waals surface area contributed by atoms with Gasteiger partial charge in [-0.25, -0.2) is 4.68 Å². The molecular formula is C22H35N5O7. The molecule has 2 aliphatic rings. The lowest BCUT2D eigenvalue weighted by Gasteiger charge is -2.47. The molecule has 2 bridgehead atoms. The van der Waals surface area contributed by atoms with Crippen molar-refractivity contribution in [3.8, 4) is 0 Å². The minimum Gasteiger partial charge on any atom is -0.469 e. The second kappa shape index (κ2) is 11.2. The number of tetrazole rings is 1. The van der Waals surface area contributed by atoms with Crippen LogP contribution in [-0.2, 0) is 39.9 Å². The normalized spacial score (nSPS) is 25.3. The van der Waals surface area contributed by atoms with Gasteiger partial charge in [0.1, 0.15) is 0 Å². The lowest BCUT2D eigenvalue weighted by atomic mass is 9.69. The zero-order valence-corrected chi connectivity index (χ0v) is 20.5. The molecule has 1 aromatic rings. The van der Waals surface area contributed by atoms with E-state index in [-0.39, 0.29) is 48.7 Å². The second-order valence-electron chi connectivity index (χ2n) is 9.40. The van der Waals surface area contributed by atoms with Crippen molar-refractivity contribution in [3.63, 3.8) is 0 Å². The molecule has 2 heterocycles. The number of aryl methyl sites for hydroxylation is 1. The Balaban J connectivity index is 1.88. The monoisotopic (exact) mass is 481 g/mol. The Kier molecular flexibility index (Phi) is 8.58. The highest BCUT2D eigenvalue weighted by molar-refractivity contribution is 5.77. The molecule has 3 rings (SSSR count). The summed E-state index contributed by atoms with van der Waals surface area (Å²) in [6.07, 6.45) is 1.35. The van der Waals surface area contributed by atoms with Gasteiger partial charge in [-0.15, -0.1) is 5.10 Å². The number of methoxy groups -OCH3 is 2. The van der Waals surface area contributed by atoms with Crippen LogP contribution in [0.25, 0.3) is 0 Å². The minimum absolute atomic E-state index is 0.0289. The van der Waals surface area contributed by atoms with E-state index >= 15 is 0 Å². The molecule has 2 fully saturated rings. The maximum Gasteiger partial charge on any atom is 0.313 e. The Labute approximate surface area is 199 Å². The van der Waals surface area contributed by atoms with E-state index in [0.29, 0.717) is 38.5 Å². The number of rotatable bonds is 10. The fourth-order valence-corrected chi connectivity index (χ4v) is 5.04. The predicted molar refractivity (Wildman–Crippen MR) is 117 cm³/mol. The van der Waals surface area contributed by atoms with Crippen molar-refractivity contribution >= 4 is 17.9 Å². The smallest absolute Gasteiger partial charge is 0.313 e. The summed E-state index contributed by atoms with van der Waals surface area (Å²) in [6.45, 7) is 6.79. The summed E-state index contributed by atoms with van der Waals surface area (Å²) < 4.78 is 22.4. The molecule has 0 spiro atoms. The molecule has 1 saturated carbocycles. The number of fused-ring (bicyclic) bond motifs is 2. The van der Waals surface area contributed by atoms with Gasteiger partial charge >= 0.3 is 17.9 Å². The Morgan fingerprint density at radius 3 is 2.44 bits per heavy atom. The molecule has 1 N–H and O–H groups in total. The highest BCUT2D eigenvalue weighted by atomic mass is 16.5. The van der Waals surface area contributed by atoms with Gasteiger partial charge in [-0.05, 0) is 55.9 Å². The number of hydrogen-bond donors (Lipinski definition) is 1. The summed E-state index contributed by atoms with van der Waals surface area (Å²) >= 11 is 0. The molecule has 1 aliphatic carbocycles. The molecule has 1 aromatic heterocycles. The standard InChI is InChI=1S/C22H35N5O7/c1-6-34-16(28)7-8-27-19(24-25-26-27)18(22(2,3)21(30)32-5)23-17-14-9-13(20(29)31-4)10-15(17)12-33-11-14/h13-15,17-18,23H,6-12H2,1-5H3. The summed E-state index contributed by atoms with van der Waals surface area (Å²) in [6, 6.07) is -0.640. The van der Waals surface area contributed by atoms with E-state index in [2.05, 4.69) is 20.8 Å². The summed E-state index contributed by atoms with van der Waals surface area (Å²) in [5, 5.41) is 15.7. The number of aromatic nitrogens is 4. The van der Waals surface area contributed by atoms with Gasteiger partial charge in [0, 0.05) is 6.04 Å². The van der Waals surface area contributed by atoms with Crippen LogP contribution >= 0.6 is 0 Å². The lowest BCUT2D eigenvalue weighted by molar-refractivity contribution is -0.155. The summed E-state index contributed by atoms with van der Waals surface area (Å²) in [7, 11) is 2.75. The van der Waals surface area contributed by atoms with Crippen molar-refractivity contribution in [1.82, 2.24) is 25.5 Å². The largest absolute Gasteiger partial charge is 0.469 e. The first-order valence-corrected chi connectivity index (χ1v) is 11.6.